The monoisotopic (exact) mass is 256 g/mol. The summed E-state index contributed by atoms with van der Waals surface area (Å²) in [7, 11) is 0. The number of nitro groups is 1. The zero-order valence-corrected chi connectivity index (χ0v) is 9.31. The average Bonchev–Trinajstić information content (AvgIpc) is 2.68. The molecular weight excluding hydrogens is 246 g/mol. The number of anilines is 1. The zero-order valence-electron chi connectivity index (χ0n) is 9.31. The smallest absolute Gasteiger partial charge is 0.276 e. The summed E-state index contributed by atoms with van der Waals surface area (Å²) in [4.78, 5) is 11.5. The predicted octanol–water partition coefficient (Wildman–Crippen LogP) is 2.04. The van der Waals surface area contributed by atoms with E-state index in [4.69, 9.17) is 4.74 Å². The van der Waals surface area contributed by atoms with Gasteiger partial charge in [0.05, 0.1) is 23.1 Å². The maximum atomic E-state index is 13.9. The van der Waals surface area contributed by atoms with Gasteiger partial charge in [0.1, 0.15) is 18.5 Å². The highest BCUT2D eigenvalue weighted by molar-refractivity contribution is 5.66. The maximum absolute atomic E-state index is 13.9. The number of benzene rings is 1. The Morgan fingerprint density at radius 1 is 1.50 bits per heavy atom. The van der Waals surface area contributed by atoms with E-state index in [1.807, 2.05) is 0 Å². The van der Waals surface area contributed by atoms with Crippen LogP contribution in [0.15, 0.2) is 12.1 Å². The van der Waals surface area contributed by atoms with Crippen molar-refractivity contribution in [3.63, 3.8) is 0 Å². The first-order valence-corrected chi connectivity index (χ1v) is 5.57. The minimum Gasteiger partial charge on any atom is -0.489 e. The molecule has 0 aromatic heterocycles. The molecule has 2 aliphatic rings. The van der Waals surface area contributed by atoms with E-state index < -0.39 is 16.9 Å². The number of halogens is 2. The van der Waals surface area contributed by atoms with Crippen LogP contribution in [0.3, 0.4) is 0 Å². The van der Waals surface area contributed by atoms with Gasteiger partial charge in [-0.3, -0.25) is 10.1 Å². The summed E-state index contributed by atoms with van der Waals surface area (Å²) in [5.74, 6) is -0.620. The lowest BCUT2D eigenvalue weighted by atomic mass is 10.1. The van der Waals surface area contributed by atoms with E-state index >= 15 is 0 Å². The van der Waals surface area contributed by atoms with Gasteiger partial charge in [-0.25, -0.2) is 8.78 Å². The molecule has 2 atom stereocenters. The maximum Gasteiger partial charge on any atom is 0.276 e. The van der Waals surface area contributed by atoms with Gasteiger partial charge >= 0.3 is 0 Å². The molecule has 96 valence electrons. The fourth-order valence-electron chi connectivity index (χ4n) is 2.53. The van der Waals surface area contributed by atoms with Gasteiger partial charge in [-0.1, -0.05) is 0 Å². The molecule has 1 saturated heterocycles. The number of nitrogens with zero attached hydrogens (tertiary/aromatic N) is 2. The highest BCUT2D eigenvalue weighted by Crippen LogP contribution is 2.42. The topological polar surface area (TPSA) is 55.6 Å². The Morgan fingerprint density at radius 3 is 3.00 bits per heavy atom. The largest absolute Gasteiger partial charge is 0.489 e. The van der Waals surface area contributed by atoms with Crippen LogP contribution < -0.4 is 9.64 Å². The first-order chi connectivity index (χ1) is 8.56. The molecule has 18 heavy (non-hydrogen) atoms. The highest BCUT2D eigenvalue weighted by atomic mass is 19.1. The van der Waals surface area contributed by atoms with Crippen LogP contribution in [0.25, 0.3) is 0 Å². The van der Waals surface area contributed by atoms with E-state index in [0.717, 1.165) is 6.07 Å². The van der Waals surface area contributed by atoms with Gasteiger partial charge < -0.3 is 9.64 Å². The van der Waals surface area contributed by atoms with Gasteiger partial charge in [0.15, 0.2) is 11.6 Å². The lowest BCUT2D eigenvalue weighted by molar-refractivity contribution is -0.385. The molecule has 1 aromatic rings. The minimum absolute atomic E-state index is 0.107. The highest BCUT2D eigenvalue weighted by Gasteiger charge is 2.39. The molecule has 3 rings (SSSR count). The summed E-state index contributed by atoms with van der Waals surface area (Å²) in [6.07, 6.45) is -0.713. The van der Waals surface area contributed by atoms with E-state index in [1.54, 1.807) is 4.90 Å². The molecule has 1 aromatic carbocycles. The fourth-order valence-corrected chi connectivity index (χ4v) is 2.53. The Morgan fingerprint density at radius 2 is 2.28 bits per heavy atom. The number of alkyl halides is 1. The van der Waals surface area contributed by atoms with Crippen molar-refractivity contribution in [3.05, 3.63) is 28.1 Å². The van der Waals surface area contributed by atoms with Crippen LogP contribution in [0.1, 0.15) is 6.42 Å². The standard InChI is InChI=1S/C11H10F2N2O3/c12-6-1-8-5-18-10-3-7(15(16)17)2-9(13)11(10)14(8)4-6/h2-3,6,8H,1,4-5H2/t6-,8-/m0/s1. The summed E-state index contributed by atoms with van der Waals surface area (Å²) in [6.45, 7) is 0.337. The number of rotatable bonds is 1. The molecule has 5 nitrogen and oxygen atoms in total. The fraction of sp³-hybridized carbons (Fsp3) is 0.455. The molecule has 0 amide bonds. The molecule has 0 unspecified atom stereocenters. The van der Waals surface area contributed by atoms with E-state index in [9.17, 15) is 18.9 Å². The molecule has 0 saturated carbocycles. The Bertz CT molecular complexity index is 523. The van der Waals surface area contributed by atoms with Gasteiger partial charge in [0, 0.05) is 13.0 Å². The number of nitro benzene ring substituents is 1. The number of hydrogen-bond donors (Lipinski definition) is 0. The van der Waals surface area contributed by atoms with Crippen LogP contribution in [0.2, 0.25) is 0 Å². The van der Waals surface area contributed by atoms with Crippen molar-refractivity contribution in [3.8, 4) is 5.75 Å². The van der Waals surface area contributed by atoms with Crippen molar-refractivity contribution in [1.29, 1.82) is 0 Å². The van der Waals surface area contributed by atoms with Crippen molar-refractivity contribution >= 4 is 11.4 Å². The van der Waals surface area contributed by atoms with Gasteiger partial charge in [0.25, 0.3) is 5.69 Å². The van der Waals surface area contributed by atoms with Gasteiger partial charge in [-0.15, -0.1) is 0 Å². The quantitative estimate of drug-likeness (QED) is 0.570. The first-order valence-electron chi connectivity index (χ1n) is 5.57. The molecule has 2 heterocycles. The first kappa shape index (κ1) is 11.2. The number of ether oxygens (including phenoxy) is 1. The number of hydrogen-bond acceptors (Lipinski definition) is 4. The van der Waals surface area contributed by atoms with Gasteiger partial charge in [-0.05, 0) is 0 Å². The Hall–Kier alpha value is -1.92. The third-order valence-electron chi connectivity index (χ3n) is 3.31. The van der Waals surface area contributed by atoms with E-state index in [0.29, 0.717) is 6.42 Å². The molecular formula is C11H10F2N2O3. The van der Waals surface area contributed by atoms with Crippen LogP contribution in [0, 0.1) is 15.9 Å². The van der Waals surface area contributed by atoms with Crippen molar-refractivity contribution in [1.82, 2.24) is 0 Å². The van der Waals surface area contributed by atoms with Crippen LogP contribution >= 0.6 is 0 Å². The van der Waals surface area contributed by atoms with E-state index in [-0.39, 0.29) is 36.3 Å². The van der Waals surface area contributed by atoms with Crippen LogP contribution in [0.5, 0.6) is 5.75 Å². The van der Waals surface area contributed by atoms with E-state index in [2.05, 4.69) is 0 Å². The van der Waals surface area contributed by atoms with Gasteiger partial charge in [-0.2, -0.15) is 0 Å². The van der Waals surface area contributed by atoms with Crippen LogP contribution in [0.4, 0.5) is 20.2 Å². The normalized spacial score (nSPS) is 25.3. The Balaban J connectivity index is 2.07. The lowest BCUT2D eigenvalue weighted by Crippen LogP contribution is -2.38. The third-order valence-corrected chi connectivity index (χ3v) is 3.31. The molecule has 0 spiro atoms. The van der Waals surface area contributed by atoms with Crippen molar-refractivity contribution in [2.24, 2.45) is 0 Å². The molecule has 1 fully saturated rings. The number of non-ortho nitro benzene ring substituents is 1. The molecule has 2 aliphatic heterocycles. The van der Waals surface area contributed by atoms with Crippen molar-refractivity contribution in [2.75, 3.05) is 18.1 Å². The summed E-state index contributed by atoms with van der Waals surface area (Å²) < 4.78 is 32.5. The van der Waals surface area contributed by atoms with Crippen molar-refractivity contribution in [2.45, 2.75) is 18.6 Å². The zero-order chi connectivity index (χ0) is 12.9. The summed E-state index contributed by atoms with van der Waals surface area (Å²) >= 11 is 0. The minimum atomic E-state index is -1.01. The van der Waals surface area contributed by atoms with Crippen LogP contribution in [-0.2, 0) is 0 Å². The molecule has 0 bridgehead atoms. The summed E-state index contributed by atoms with van der Waals surface area (Å²) in [5, 5.41) is 10.6. The molecule has 0 N–H and O–H groups in total. The predicted molar refractivity (Wildman–Crippen MR) is 59.2 cm³/mol. The molecule has 0 radical (unpaired) electrons. The number of fused-ring (bicyclic) bond motifs is 3. The SMILES string of the molecule is O=[N+]([O-])c1cc(F)c2c(c1)OC[C@@H]1C[C@H](F)CN21. The van der Waals surface area contributed by atoms with Crippen molar-refractivity contribution < 1.29 is 18.4 Å². The average molecular weight is 256 g/mol. The second-order valence-corrected chi connectivity index (χ2v) is 4.48. The van der Waals surface area contributed by atoms with Gasteiger partial charge in [0.2, 0.25) is 0 Å². The second-order valence-electron chi connectivity index (χ2n) is 4.48. The lowest BCUT2D eigenvalue weighted by Gasteiger charge is -2.33. The Kier molecular flexibility index (Phi) is 2.36. The summed E-state index contributed by atoms with van der Waals surface area (Å²) in [6, 6.07) is 1.83. The third kappa shape index (κ3) is 1.58. The second kappa shape index (κ2) is 3.79. The molecule has 0 aliphatic carbocycles. The summed E-state index contributed by atoms with van der Waals surface area (Å²) in [5.41, 5.74) is -0.224. The van der Waals surface area contributed by atoms with Crippen LogP contribution in [-0.4, -0.2) is 30.3 Å². The van der Waals surface area contributed by atoms with E-state index in [1.165, 1.54) is 6.07 Å². The Labute approximate surface area is 101 Å². The molecule has 7 heteroatoms.